The highest BCUT2D eigenvalue weighted by molar-refractivity contribution is 5.92. The molecule has 6 heteroatoms. The Morgan fingerprint density at radius 2 is 2.00 bits per heavy atom. The average Bonchev–Trinajstić information content (AvgIpc) is 2.70. The van der Waals surface area contributed by atoms with Crippen LogP contribution in [0.4, 0.5) is 0 Å². The molecule has 1 amide bonds. The Balaban J connectivity index is 1.64. The van der Waals surface area contributed by atoms with E-state index in [4.69, 9.17) is 4.74 Å². The number of hydrazone groups is 1. The van der Waals surface area contributed by atoms with Gasteiger partial charge in [-0.2, -0.15) is 5.10 Å². The number of carbonyl (C=O) groups is 1. The van der Waals surface area contributed by atoms with Crippen LogP contribution in [0, 0.1) is 5.92 Å². The molecule has 0 aliphatic heterocycles. The summed E-state index contributed by atoms with van der Waals surface area (Å²) in [6, 6.07) is 7.55. The van der Waals surface area contributed by atoms with Crippen molar-refractivity contribution in [3.63, 3.8) is 0 Å². The third-order valence-corrected chi connectivity index (χ3v) is 4.43. The highest BCUT2D eigenvalue weighted by Gasteiger charge is 2.12. The molecule has 2 aromatic rings. The summed E-state index contributed by atoms with van der Waals surface area (Å²) in [4.78, 5) is 20.8. The Morgan fingerprint density at radius 3 is 2.73 bits per heavy atom. The summed E-state index contributed by atoms with van der Waals surface area (Å²) in [6.45, 7) is 2.56. The van der Waals surface area contributed by atoms with Crippen LogP contribution in [0.5, 0.6) is 5.75 Å². The number of nitrogens with one attached hydrogen (secondary N) is 1. The Labute approximate surface area is 153 Å². The first-order valence-electron chi connectivity index (χ1n) is 9.15. The zero-order chi connectivity index (χ0) is 18.2. The summed E-state index contributed by atoms with van der Waals surface area (Å²) >= 11 is 0. The van der Waals surface area contributed by atoms with Crippen molar-refractivity contribution in [2.45, 2.75) is 39.0 Å². The van der Waals surface area contributed by atoms with Gasteiger partial charge in [0.25, 0.3) is 5.91 Å². The van der Waals surface area contributed by atoms with Crippen LogP contribution in [-0.2, 0) is 0 Å². The summed E-state index contributed by atoms with van der Waals surface area (Å²) in [6.07, 6.45) is 11.0. The van der Waals surface area contributed by atoms with Crippen molar-refractivity contribution < 1.29 is 9.53 Å². The van der Waals surface area contributed by atoms with Gasteiger partial charge in [-0.25, -0.2) is 10.4 Å². The first kappa shape index (κ1) is 18.0. The van der Waals surface area contributed by atoms with Crippen molar-refractivity contribution >= 4 is 12.1 Å². The molecule has 1 aliphatic rings. The maximum atomic E-state index is 12.3. The number of amides is 1. The van der Waals surface area contributed by atoms with Crippen molar-refractivity contribution in [2.24, 2.45) is 11.0 Å². The van der Waals surface area contributed by atoms with Gasteiger partial charge in [0.15, 0.2) is 0 Å². The second kappa shape index (κ2) is 9.08. The molecule has 26 heavy (non-hydrogen) atoms. The average molecular weight is 352 g/mol. The van der Waals surface area contributed by atoms with Gasteiger partial charge in [0, 0.05) is 11.8 Å². The maximum absolute atomic E-state index is 12.3. The van der Waals surface area contributed by atoms with Gasteiger partial charge in [0.2, 0.25) is 0 Å². The topological polar surface area (TPSA) is 76.5 Å². The van der Waals surface area contributed by atoms with E-state index in [1.165, 1.54) is 25.5 Å². The second-order valence-corrected chi connectivity index (χ2v) is 6.36. The van der Waals surface area contributed by atoms with Crippen molar-refractivity contribution in [1.29, 1.82) is 0 Å². The molecule has 3 rings (SSSR count). The van der Waals surface area contributed by atoms with Crippen LogP contribution in [0.25, 0.3) is 11.3 Å². The molecule has 1 aromatic heterocycles. The molecule has 1 heterocycles. The lowest BCUT2D eigenvalue weighted by molar-refractivity contribution is 0.0949. The van der Waals surface area contributed by atoms with Crippen molar-refractivity contribution in [3.05, 3.63) is 42.4 Å². The predicted molar refractivity (Wildman–Crippen MR) is 101 cm³/mol. The third-order valence-electron chi connectivity index (χ3n) is 4.43. The molecule has 0 radical (unpaired) electrons. The molecule has 1 aromatic carbocycles. The van der Waals surface area contributed by atoms with E-state index in [-0.39, 0.29) is 11.6 Å². The fourth-order valence-corrected chi connectivity index (χ4v) is 3.04. The first-order chi connectivity index (χ1) is 12.8. The zero-order valence-electron chi connectivity index (χ0n) is 15.0. The maximum Gasteiger partial charge on any atom is 0.291 e. The number of hydrogen-bond acceptors (Lipinski definition) is 5. The Bertz CT molecular complexity index is 753. The monoisotopic (exact) mass is 352 g/mol. The summed E-state index contributed by atoms with van der Waals surface area (Å²) in [7, 11) is 0. The van der Waals surface area contributed by atoms with Gasteiger partial charge in [-0.1, -0.05) is 19.3 Å². The van der Waals surface area contributed by atoms with Gasteiger partial charge >= 0.3 is 0 Å². The minimum Gasteiger partial charge on any atom is -0.494 e. The van der Waals surface area contributed by atoms with E-state index >= 15 is 0 Å². The number of carbonyl (C=O) groups excluding carboxylic acids is 1. The number of rotatable bonds is 6. The quantitative estimate of drug-likeness (QED) is 0.633. The molecule has 0 saturated heterocycles. The van der Waals surface area contributed by atoms with Gasteiger partial charge in [-0.05, 0) is 49.9 Å². The molecule has 1 N–H and O–H groups in total. The molecule has 1 saturated carbocycles. The molecular formula is C20H24N4O2. The molecule has 0 bridgehead atoms. The SMILES string of the molecule is CCOc1ccc(-c2cncc(C(=O)NN=CC3CCCCC3)n2)cc1. The van der Waals surface area contributed by atoms with E-state index in [2.05, 4.69) is 20.5 Å². The van der Waals surface area contributed by atoms with Crippen LogP contribution < -0.4 is 10.2 Å². The highest BCUT2D eigenvalue weighted by Crippen LogP contribution is 2.22. The summed E-state index contributed by atoms with van der Waals surface area (Å²) < 4.78 is 5.44. The minimum atomic E-state index is -0.350. The van der Waals surface area contributed by atoms with E-state index in [1.54, 1.807) is 6.20 Å². The van der Waals surface area contributed by atoms with Crippen LogP contribution in [0.1, 0.15) is 49.5 Å². The van der Waals surface area contributed by atoms with Gasteiger partial charge in [-0.3, -0.25) is 9.78 Å². The molecule has 6 nitrogen and oxygen atoms in total. The van der Waals surface area contributed by atoms with Crippen molar-refractivity contribution in [2.75, 3.05) is 6.61 Å². The zero-order valence-corrected chi connectivity index (χ0v) is 15.0. The molecule has 1 aliphatic carbocycles. The lowest BCUT2D eigenvalue weighted by atomic mass is 9.90. The molecule has 0 atom stereocenters. The molecule has 0 spiro atoms. The van der Waals surface area contributed by atoms with E-state index in [0.717, 1.165) is 24.2 Å². The summed E-state index contributed by atoms with van der Waals surface area (Å²) in [5, 5.41) is 4.10. The second-order valence-electron chi connectivity index (χ2n) is 6.36. The van der Waals surface area contributed by atoms with Crippen LogP contribution in [0.2, 0.25) is 0 Å². The minimum absolute atomic E-state index is 0.247. The molecule has 136 valence electrons. The van der Waals surface area contributed by atoms with Gasteiger partial charge in [0.05, 0.1) is 24.7 Å². The smallest absolute Gasteiger partial charge is 0.291 e. The summed E-state index contributed by atoms with van der Waals surface area (Å²) in [5.41, 5.74) is 4.32. The van der Waals surface area contributed by atoms with E-state index < -0.39 is 0 Å². The fraction of sp³-hybridized carbons (Fsp3) is 0.400. The standard InChI is InChI=1S/C20H24N4O2/c1-2-26-17-10-8-16(9-11-17)18-13-21-14-19(23-18)20(25)24-22-12-15-6-4-3-5-7-15/h8-15H,2-7H2,1H3,(H,24,25). The van der Waals surface area contributed by atoms with Crippen LogP contribution in [0.15, 0.2) is 41.8 Å². The van der Waals surface area contributed by atoms with Crippen LogP contribution in [-0.4, -0.2) is 28.7 Å². The molecule has 1 fully saturated rings. The number of ether oxygens (including phenoxy) is 1. The molecular weight excluding hydrogens is 328 g/mol. The highest BCUT2D eigenvalue weighted by atomic mass is 16.5. The van der Waals surface area contributed by atoms with Crippen LogP contribution >= 0.6 is 0 Å². The van der Waals surface area contributed by atoms with Gasteiger partial charge in [0.1, 0.15) is 11.4 Å². The van der Waals surface area contributed by atoms with Crippen molar-refractivity contribution in [3.8, 4) is 17.0 Å². The molecule has 0 unspecified atom stereocenters. The van der Waals surface area contributed by atoms with Gasteiger partial charge < -0.3 is 4.74 Å². The van der Waals surface area contributed by atoms with Gasteiger partial charge in [-0.15, -0.1) is 0 Å². The largest absolute Gasteiger partial charge is 0.494 e. The van der Waals surface area contributed by atoms with E-state index in [1.807, 2.05) is 37.4 Å². The normalized spacial score (nSPS) is 15.1. The number of benzene rings is 1. The third kappa shape index (κ3) is 4.88. The summed E-state index contributed by atoms with van der Waals surface area (Å²) in [5.74, 6) is 0.915. The van der Waals surface area contributed by atoms with E-state index in [0.29, 0.717) is 18.2 Å². The Hall–Kier alpha value is -2.76. The number of nitrogens with zero attached hydrogens (tertiary/aromatic N) is 3. The fourth-order valence-electron chi connectivity index (χ4n) is 3.04. The van der Waals surface area contributed by atoms with E-state index in [9.17, 15) is 4.79 Å². The Kier molecular flexibility index (Phi) is 6.30. The predicted octanol–water partition coefficient (Wildman–Crippen LogP) is 3.84. The number of aromatic nitrogens is 2. The number of hydrogen-bond donors (Lipinski definition) is 1. The lowest BCUT2D eigenvalue weighted by Gasteiger charge is -2.16. The Morgan fingerprint density at radius 1 is 1.23 bits per heavy atom. The first-order valence-corrected chi connectivity index (χ1v) is 9.15. The van der Waals surface area contributed by atoms with Crippen molar-refractivity contribution in [1.82, 2.24) is 15.4 Å². The van der Waals surface area contributed by atoms with Crippen LogP contribution in [0.3, 0.4) is 0 Å². The lowest BCUT2D eigenvalue weighted by Crippen LogP contribution is -2.20.